The normalized spacial score (nSPS) is 14.5. The fourth-order valence-electron chi connectivity index (χ4n) is 3.08. The van der Waals surface area contributed by atoms with Crippen molar-refractivity contribution in [3.8, 4) is 0 Å². The Morgan fingerprint density at radius 1 is 0.962 bits per heavy atom. The fraction of sp³-hybridized carbons (Fsp3) is 0.350. The molecule has 0 radical (unpaired) electrons. The Kier molecular flexibility index (Phi) is 6.78. The quantitative estimate of drug-likeness (QED) is 0.765. The molecule has 1 heterocycles. The van der Waals surface area contributed by atoms with Crippen molar-refractivity contribution >= 4 is 34.8 Å². The molecule has 0 aromatic heterocycles. The molecule has 1 fully saturated rings. The van der Waals surface area contributed by atoms with E-state index in [1.807, 2.05) is 47.4 Å². The van der Waals surface area contributed by atoms with E-state index in [4.69, 9.17) is 23.2 Å². The average molecular weight is 392 g/mol. The standard InChI is InChI=1S/C20H23Cl2N3O/c21-17-6-4-16(5-7-17)8-9-23-15-20(26)25-12-10-24(11-13-25)19-3-1-2-18(22)14-19/h1-7,14,23H,8-13,15H2. The van der Waals surface area contributed by atoms with Crippen LogP contribution in [0.3, 0.4) is 0 Å². The van der Waals surface area contributed by atoms with Gasteiger partial charge in [-0.3, -0.25) is 4.79 Å². The lowest BCUT2D eigenvalue weighted by Crippen LogP contribution is -2.51. The van der Waals surface area contributed by atoms with Crippen molar-refractivity contribution < 1.29 is 4.79 Å². The average Bonchev–Trinajstić information content (AvgIpc) is 2.66. The number of amides is 1. The highest BCUT2D eigenvalue weighted by Gasteiger charge is 2.20. The highest BCUT2D eigenvalue weighted by Crippen LogP contribution is 2.20. The Morgan fingerprint density at radius 2 is 1.69 bits per heavy atom. The monoisotopic (exact) mass is 391 g/mol. The van der Waals surface area contributed by atoms with Crippen LogP contribution in [0.1, 0.15) is 5.56 Å². The first kappa shape index (κ1) is 19.0. The summed E-state index contributed by atoms with van der Waals surface area (Å²) in [6, 6.07) is 15.7. The van der Waals surface area contributed by atoms with E-state index in [0.717, 1.165) is 54.9 Å². The molecule has 0 spiro atoms. The third-order valence-corrected chi connectivity index (χ3v) is 5.07. The lowest BCUT2D eigenvalue weighted by molar-refractivity contribution is -0.130. The number of nitrogens with one attached hydrogen (secondary N) is 1. The van der Waals surface area contributed by atoms with Gasteiger partial charge in [0, 0.05) is 41.9 Å². The minimum atomic E-state index is 0.159. The van der Waals surface area contributed by atoms with Gasteiger partial charge >= 0.3 is 0 Å². The highest BCUT2D eigenvalue weighted by molar-refractivity contribution is 6.31. The summed E-state index contributed by atoms with van der Waals surface area (Å²) in [7, 11) is 0. The minimum absolute atomic E-state index is 0.159. The summed E-state index contributed by atoms with van der Waals surface area (Å²) in [6.45, 7) is 4.29. The topological polar surface area (TPSA) is 35.6 Å². The van der Waals surface area contributed by atoms with Gasteiger partial charge in [-0.05, 0) is 48.9 Å². The SMILES string of the molecule is O=C(CNCCc1ccc(Cl)cc1)N1CCN(c2cccc(Cl)c2)CC1. The number of carbonyl (C=O) groups excluding carboxylic acids is 1. The molecular weight excluding hydrogens is 369 g/mol. The molecule has 4 nitrogen and oxygen atoms in total. The summed E-state index contributed by atoms with van der Waals surface area (Å²) in [5, 5.41) is 4.73. The predicted molar refractivity (Wildman–Crippen MR) is 108 cm³/mol. The number of hydrogen-bond donors (Lipinski definition) is 1. The van der Waals surface area contributed by atoms with Crippen molar-refractivity contribution in [2.24, 2.45) is 0 Å². The van der Waals surface area contributed by atoms with Crippen molar-refractivity contribution in [3.63, 3.8) is 0 Å². The van der Waals surface area contributed by atoms with Gasteiger partial charge in [-0.25, -0.2) is 0 Å². The van der Waals surface area contributed by atoms with Crippen molar-refractivity contribution in [1.82, 2.24) is 10.2 Å². The van der Waals surface area contributed by atoms with Crippen LogP contribution >= 0.6 is 23.2 Å². The van der Waals surface area contributed by atoms with E-state index in [2.05, 4.69) is 16.3 Å². The molecule has 1 saturated heterocycles. The number of carbonyl (C=O) groups is 1. The zero-order valence-corrected chi connectivity index (χ0v) is 16.1. The number of anilines is 1. The molecule has 2 aromatic carbocycles. The van der Waals surface area contributed by atoms with E-state index in [1.54, 1.807) is 0 Å². The van der Waals surface area contributed by atoms with Gasteiger partial charge in [0.25, 0.3) is 0 Å². The summed E-state index contributed by atoms with van der Waals surface area (Å²) in [4.78, 5) is 16.6. The molecule has 1 N–H and O–H groups in total. The number of hydrogen-bond acceptors (Lipinski definition) is 3. The second kappa shape index (κ2) is 9.26. The summed E-state index contributed by atoms with van der Waals surface area (Å²) < 4.78 is 0. The van der Waals surface area contributed by atoms with Crippen molar-refractivity contribution in [1.29, 1.82) is 0 Å². The van der Waals surface area contributed by atoms with Gasteiger partial charge in [0.2, 0.25) is 5.91 Å². The molecular formula is C20H23Cl2N3O. The molecule has 0 aliphatic carbocycles. The Bertz CT molecular complexity index is 728. The molecule has 138 valence electrons. The molecule has 2 aromatic rings. The summed E-state index contributed by atoms with van der Waals surface area (Å²) in [5.74, 6) is 0.159. The van der Waals surface area contributed by atoms with Crippen LogP contribution in [0, 0.1) is 0 Å². The van der Waals surface area contributed by atoms with Crippen molar-refractivity contribution in [2.45, 2.75) is 6.42 Å². The van der Waals surface area contributed by atoms with Crippen LogP contribution in [0.5, 0.6) is 0 Å². The Balaban J connectivity index is 1.37. The van der Waals surface area contributed by atoms with Gasteiger partial charge in [-0.15, -0.1) is 0 Å². The Morgan fingerprint density at radius 3 is 2.38 bits per heavy atom. The Labute approximate surface area is 164 Å². The van der Waals surface area contributed by atoms with E-state index < -0.39 is 0 Å². The van der Waals surface area contributed by atoms with Crippen LogP contribution in [0.15, 0.2) is 48.5 Å². The fourth-order valence-corrected chi connectivity index (χ4v) is 3.39. The maximum Gasteiger partial charge on any atom is 0.236 e. The zero-order chi connectivity index (χ0) is 18.4. The summed E-state index contributed by atoms with van der Waals surface area (Å²) >= 11 is 11.9. The number of rotatable bonds is 6. The molecule has 1 aliphatic heterocycles. The molecule has 0 atom stereocenters. The van der Waals surface area contributed by atoms with Crippen LogP contribution in [0.25, 0.3) is 0 Å². The second-order valence-electron chi connectivity index (χ2n) is 6.40. The molecule has 3 rings (SSSR count). The van der Waals surface area contributed by atoms with Gasteiger partial charge in [0.05, 0.1) is 6.54 Å². The van der Waals surface area contributed by atoms with Crippen LogP contribution in [0.4, 0.5) is 5.69 Å². The lowest BCUT2D eigenvalue weighted by Gasteiger charge is -2.36. The smallest absolute Gasteiger partial charge is 0.236 e. The van der Waals surface area contributed by atoms with E-state index >= 15 is 0 Å². The number of piperazine rings is 1. The number of nitrogens with zero attached hydrogens (tertiary/aromatic N) is 2. The van der Waals surface area contributed by atoms with Crippen LogP contribution in [-0.4, -0.2) is 50.1 Å². The van der Waals surface area contributed by atoms with Crippen LogP contribution in [-0.2, 0) is 11.2 Å². The van der Waals surface area contributed by atoms with Gasteiger partial charge in [-0.1, -0.05) is 41.4 Å². The lowest BCUT2D eigenvalue weighted by atomic mass is 10.1. The minimum Gasteiger partial charge on any atom is -0.368 e. The number of halogens is 2. The van der Waals surface area contributed by atoms with Crippen molar-refractivity contribution in [3.05, 3.63) is 64.1 Å². The molecule has 1 amide bonds. The molecule has 6 heteroatoms. The van der Waals surface area contributed by atoms with Crippen LogP contribution in [0.2, 0.25) is 10.0 Å². The third kappa shape index (κ3) is 5.37. The van der Waals surface area contributed by atoms with E-state index in [1.165, 1.54) is 5.56 Å². The molecule has 0 bridgehead atoms. The van der Waals surface area contributed by atoms with Gasteiger partial charge < -0.3 is 15.1 Å². The van der Waals surface area contributed by atoms with E-state index in [-0.39, 0.29) is 5.91 Å². The molecule has 0 saturated carbocycles. The number of benzene rings is 2. The maximum atomic E-state index is 12.4. The molecule has 1 aliphatic rings. The molecule has 0 unspecified atom stereocenters. The maximum absolute atomic E-state index is 12.4. The summed E-state index contributed by atoms with van der Waals surface area (Å²) in [5.41, 5.74) is 2.33. The first-order valence-corrected chi connectivity index (χ1v) is 9.61. The Hall–Kier alpha value is -1.75. The van der Waals surface area contributed by atoms with Crippen LogP contribution < -0.4 is 10.2 Å². The van der Waals surface area contributed by atoms with Gasteiger partial charge in [0.15, 0.2) is 0 Å². The van der Waals surface area contributed by atoms with Gasteiger partial charge in [0.1, 0.15) is 0 Å². The van der Waals surface area contributed by atoms with Gasteiger partial charge in [-0.2, -0.15) is 0 Å². The first-order chi connectivity index (χ1) is 12.6. The van der Waals surface area contributed by atoms with E-state index in [9.17, 15) is 4.79 Å². The predicted octanol–water partition coefficient (Wildman–Crippen LogP) is 3.47. The summed E-state index contributed by atoms with van der Waals surface area (Å²) in [6.07, 6.45) is 0.882. The highest BCUT2D eigenvalue weighted by atomic mass is 35.5. The second-order valence-corrected chi connectivity index (χ2v) is 7.27. The van der Waals surface area contributed by atoms with E-state index in [0.29, 0.717) is 6.54 Å². The largest absolute Gasteiger partial charge is 0.368 e. The van der Waals surface area contributed by atoms with Crippen molar-refractivity contribution in [2.75, 3.05) is 44.2 Å². The zero-order valence-electron chi connectivity index (χ0n) is 14.6. The third-order valence-electron chi connectivity index (χ3n) is 4.59. The first-order valence-electron chi connectivity index (χ1n) is 8.85. The molecule has 26 heavy (non-hydrogen) atoms.